The van der Waals surface area contributed by atoms with Crippen LogP contribution in [0.2, 0.25) is 0 Å². The summed E-state index contributed by atoms with van der Waals surface area (Å²) in [7, 11) is 3.61. The van der Waals surface area contributed by atoms with Crippen molar-refractivity contribution in [3.8, 4) is 5.75 Å². The van der Waals surface area contributed by atoms with Crippen molar-refractivity contribution in [3.63, 3.8) is 0 Å². The number of hydrogen-bond donors (Lipinski definition) is 1. The number of aliphatic hydroxyl groups excluding tert-OH is 1. The van der Waals surface area contributed by atoms with Crippen LogP contribution in [0.5, 0.6) is 5.75 Å². The molecule has 2 aromatic heterocycles. The highest BCUT2D eigenvalue weighted by Crippen LogP contribution is 2.34. The van der Waals surface area contributed by atoms with Crippen molar-refractivity contribution in [3.05, 3.63) is 35.9 Å². The van der Waals surface area contributed by atoms with E-state index in [2.05, 4.69) is 14.5 Å². The summed E-state index contributed by atoms with van der Waals surface area (Å²) in [5, 5.41) is 10.9. The molecule has 24 heavy (non-hydrogen) atoms. The molecular weight excluding hydrogens is 309 g/mol. The molecule has 5 nitrogen and oxygen atoms in total. The first kappa shape index (κ1) is 16.7. The standard InChI is InChI=1S/C18H22FN3O2/c1-12-8-13(24-3)9-15-18(12)14-10-17(19)20-11-16(14)22(15)5-4-21(2)6-7-23/h8-11,23H,4-7H2,1-3H3. The fraction of sp³-hybridized carbons (Fsp3) is 0.389. The second-order valence-electron chi connectivity index (χ2n) is 6.04. The second-order valence-corrected chi connectivity index (χ2v) is 6.04. The maximum Gasteiger partial charge on any atom is 0.213 e. The Morgan fingerprint density at radius 3 is 2.75 bits per heavy atom. The first-order valence-corrected chi connectivity index (χ1v) is 7.96. The summed E-state index contributed by atoms with van der Waals surface area (Å²) in [6.45, 7) is 4.24. The number of hydrogen-bond acceptors (Lipinski definition) is 4. The van der Waals surface area contributed by atoms with Crippen LogP contribution in [0.15, 0.2) is 24.4 Å². The van der Waals surface area contributed by atoms with Crippen LogP contribution < -0.4 is 4.74 Å². The minimum Gasteiger partial charge on any atom is -0.497 e. The van der Waals surface area contributed by atoms with E-state index < -0.39 is 5.95 Å². The Hall–Kier alpha value is -2.18. The molecule has 0 radical (unpaired) electrons. The molecule has 1 aromatic carbocycles. The lowest BCUT2D eigenvalue weighted by molar-refractivity contribution is 0.218. The van der Waals surface area contributed by atoms with Crippen molar-refractivity contribution in [1.82, 2.24) is 14.5 Å². The van der Waals surface area contributed by atoms with Crippen molar-refractivity contribution in [2.75, 3.05) is 33.9 Å². The molecule has 6 heteroatoms. The highest BCUT2D eigenvalue weighted by atomic mass is 19.1. The Morgan fingerprint density at radius 1 is 1.25 bits per heavy atom. The molecule has 0 fully saturated rings. The Labute approximate surface area is 140 Å². The zero-order valence-electron chi connectivity index (χ0n) is 14.2. The molecule has 0 saturated carbocycles. The van der Waals surface area contributed by atoms with E-state index in [0.29, 0.717) is 6.54 Å². The van der Waals surface area contributed by atoms with Gasteiger partial charge in [-0.1, -0.05) is 0 Å². The molecule has 0 bridgehead atoms. The van der Waals surface area contributed by atoms with E-state index in [1.165, 1.54) is 6.07 Å². The fourth-order valence-corrected chi connectivity index (χ4v) is 3.18. The van der Waals surface area contributed by atoms with Gasteiger partial charge in [-0.25, -0.2) is 4.98 Å². The molecule has 0 aliphatic carbocycles. The van der Waals surface area contributed by atoms with E-state index >= 15 is 0 Å². The molecule has 0 atom stereocenters. The molecule has 3 rings (SSSR count). The van der Waals surface area contributed by atoms with E-state index in [0.717, 1.165) is 46.2 Å². The summed E-state index contributed by atoms with van der Waals surface area (Å²) < 4.78 is 21.2. The summed E-state index contributed by atoms with van der Waals surface area (Å²) in [5.74, 6) is 0.301. The lowest BCUT2D eigenvalue weighted by atomic mass is 10.1. The van der Waals surface area contributed by atoms with Crippen LogP contribution in [0.25, 0.3) is 21.8 Å². The normalized spacial score (nSPS) is 11.8. The van der Waals surface area contributed by atoms with Gasteiger partial charge >= 0.3 is 0 Å². The number of aromatic nitrogens is 2. The first-order chi connectivity index (χ1) is 11.5. The highest BCUT2D eigenvalue weighted by molar-refractivity contribution is 6.09. The van der Waals surface area contributed by atoms with Gasteiger partial charge in [-0.05, 0) is 25.6 Å². The topological polar surface area (TPSA) is 50.5 Å². The SMILES string of the molecule is COc1cc(C)c2c3cc(F)ncc3n(CCN(C)CCO)c2c1. The Morgan fingerprint density at radius 2 is 2.04 bits per heavy atom. The van der Waals surface area contributed by atoms with E-state index in [4.69, 9.17) is 9.84 Å². The van der Waals surface area contributed by atoms with Gasteiger partial charge in [0, 0.05) is 42.5 Å². The molecule has 1 N–H and O–H groups in total. The largest absolute Gasteiger partial charge is 0.497 e. The van der Waals surface area contributed by atoms with Gasteiger partial charge in [-0.3, -0.25) is 0 Å². The van der Waals surface area contributed by atoms with E-state index in [1.807, 2.05) is 26.1 Å². The molecular formula is C18H22FN3O2. The number of nitrogens with zero attached hydrogens (tertiary/aromatic N) is 3. The maximum absolute atomic E-state index is 13.7. The summed E-state index contributed by atoms with van der Waals surface area (Å²) in [5.41, 5.74) is 2.95. The monoisotopic (exact) mass is 331 g/mol. The highest BCUT2D eigenvalue weighted by Gasteiger charge is 2.15. The van der Waals surface area contributed by atoms with Gasteiger partial charge in [0.1, 0.15) is 5.75 Å². The number of benzene rings is 1. The van der Waals surface area contributed by atoms with E-state index in [1.54, 1.807) is 13.3 Å². The molecule has 0 saturated heterocycles. The van der Waals surface area contributed by atoms with Crippen LogP contribution >= 0.6 is 0 Å². The molecule has 128 valence electrons. The number of aryl methyl sites for hydroxylation is 1. The van der Waals surface area contributed by atoms with Crippen LogP contribution in [-0.4, -0.2) is 53.4 Å². The van der Waals surface area contributed by atoms with Crippen LogP contribution in [-0.2, 0) is 6.54 Å². The molecule has 3 aromatic rings. The van der Waals surface area contributed by atoms with Crippen LogP contribution in [0.1, 0.15) is 5.56 Å². The third-order valence-corrected chi connectivity index (χ3v) is 4.41. The van der Waals surface area contributed by atoms with Crippen LogP contribution in [0.3, 0.4) is 0 Å². The molecule has 0 spiro atoms. The summed E-state index contributed by atoms with van der Waals surface area (Å²) >= 11 is 0. The van der Waals surface area contributed by atoms with Crippen molar-refractivity contribution >= 4 is 21.8 Å². The van der Waals surface area contributed by atoms with Crippen molar-refractivity contribution in [2.24, 2.45) is 0 Å². The lowest BCUT2D eigenvalue weighted by Crippen LogP contribution is -2.26. The summed E-state index contributed by atoms with van der Waals surface area (Å²) in [6, 6.07) is 5.43. The zero-order valence-corrected chi connectivity index (χ0v) is 14.2. The minimum absolute atomic E-state index is 0.128. The summed E-state index contributed by atoms with van der Waals surface area (Å²) in [6.07, 6.45) is 1.59. The lowest BCUT2D eigenvalue weighted by Gasteiger charge is -2.16. The van der Waals surface area contributed by atoms with Crippen LogP contribution in [0.4, 0.5) is 4.39 Å². The Balaban J connectivity index is 2.18. The number of fused-ring (bicyclic) bond motifs is 3. The number of ether oxygens (including phenoxy) is 1. The van der Waals surface area contributed by atoms with Crippen LogP contribution in [0, 0.1) is 12.9 Å². The summed E-state index contributed by atoms with van der Waals surface area (Å²) in [4.78, 5) is 5.88. The molecule has 0 aliphatic heterocycles. The number of halogens is 1. The van der Waals surface area contributed by atoms with Gasteiger partial charge in [0.25, 0.3) is 0 Å². The smallest absolute Gasteiger partial charge is 0.213 e. The van der Waals surface area contributed by atoms with E-state index in [9.17, 15) is 4.39 Å². The third-order valence-electron chi connectivity index (χ3n) is 4.41. The Bertz CT molecular complexity index is 876. The first-order valence-electron chi connectivity index (χ1n) is 7.96. The maximum atomic E-state index is 13.7. The second kappa shape index (κ2) is 6.75. The van der Waals surface area contributed by atoms with Gasteiger partial charge in [0.15, 0.2) is 0 Å². The number of methoxy groups -OCH3 is 1. The van der Waals surface area contributed by atoms with Gasteiger partial charge in [-0.15, -0.1) is 0 Å². The van der Waals surface area contributed by atoms with Gasteiger partial charge in [-0.2, -0.15) is 4.39 Å². The quantitative estimate of drug-likeness (QED) is 0.706. The molecule has 0 amide bonds. The van der Waals surface area contributed by atoms with Gasteiger partial charge < -0.3 is 19.3 Å². The molecule has 2 heterocycles. The number of rotatable bonds is 6. The van der Waals surface area contributed by atoms with Crippen molar-refractivity contribution < 1.29 is 14.2 Å². The van der Waals surface area contributed by atoms with E-state index in [-0.39, 0.29) is 6.61 Å². The van der Waals surface area contributed by atoms with Gasteiger partial charge in [0.05, 0.1) is 30.9 Å². The number of aliphatic hydroxyl groups is 1. The number of pyridine rings is 1. The Kier molecular flexibility index (Phi) is 4.69. The fourth-order valence-electron chi connectivity index (χ4n) is 3.18. The third kappa shape index (κ3) is 2.95. The van der Waals surface area contributed by atoms with Crippen molar-refractivity contribution in [2.45, 2.75) is 13.5 Å². The van der Waals surface area contributed by atoms with Crippen molar-refractivity contribution in [1.29, 1.82) is 0 Å². The number of likely N-dealkylation sites (N-methyl/N-ethyl adjacent to an activating group) is 1. The predicted molar refractivity (Wildman–Crippen MR) is 93.1 cm³/mol. The average molecular weight is 331 g/mol. The molecule has 0 aliphatic rings. The zero-order chi connectivity index (χ0) is 17.3. The average Bonchev–Trinajstić information content (AvgIpc) is 2.86. The predicted octanol–water partition coefficient (Wildman–Crippen LogP) is 2.57. The van der Waals surface area contributed by atoms with Gasteiger partial charge in [0.2, 0.25) is 5.95 Å². The minimum atomic E-state index is -0.478. The molecule has 0 unspecified atom stereocenters.